The largest absolute Gasteiger partial charge is 0.322 e. The van der Waals surface area contributed by atoms with E-state index in [0.29, 0.717) is 11.5 Å². The minimum absolute atomic E-state index is 0.108. The average molecular weight is 376 g/mol. The number of aryl methyl sites for hydroxylation is 1. The van der Waals surface area contributed by atoms with Crippen LogP contribution in [0.25, 0.3) is 5.69 Å². The molecule has 0 fully saturated rings. The van der Waals surface area contributed by atoms with E-state index in [1.165, 1.54) is 16.8 Å². The number of aromatic nitrogens is 2. The topological polar surface area (TPSA) is 46.9 Å². The molecule has 0 aliphatic rings. The molecule has 1 heterocycles. The van der Waals surface area contributed by atoms with E-state index in [0.717, 1.165) is 29.9 Å². The lowest BCUT2D eigenvalue weighted by Crippen LogP contribution is -2.12. The standard InChI is InChI=1S/C24H29N3O/c1-6-7-23-17(4)26-27(18(23)5)22-14-10-20(11-15-22)24(28)25-21-12-8-19(9-13-21)16(2)3/h8-16H,6-7H2,1-5H3,(H,25,28). The van der Waals surface area contributed by atoms with Crippen LogP contribution in [0.4, 0.5) is 5.69 Å². The van der Waals surface area contributed by atoms with Crippen LogP contribution >= 0.6 is 0 Å². The Morgan fingerprint density at radius 3 is 2.25 bits per heavy atom. The van der Waals surface area contributed by atoms with Gasteiger partial charge < -0.3 is 5.32 Å². The van der Waals surface area contributed by atoms with Gasteiger partial charge in [-0.15, -0.1) is 0 Å². The number of nitrogens with zero attached hydrogens (tertiary/aromatic N) is 2. The fraction of sp³-hybridized carbons (Fsp3) is 0.333. The number of nitrogens with one attached hydrogen (secondary N) is 1. The Hall–Kier alpha value is -2.88. The maximum Gasteiger partial charge on any atom is 0.255 e. The van der Waals surface area contributed by atoms with Gasteiger partial charge in [-0.3, -0.25) is 4.79 Å². The zero-order valence-corrected chi connectivity index (χ0v) is 17.4. The summed E-state index contributed by atoms with van der Waals surface area (Å²) in [7, 11) is 0. The molecular weight excluding hydrogens is 346 g/mol. The zero-order chi connectivity index (χ0) is 20.3. The van der Waals surface area contributed by atoms with Crippen LogP contribution in [0, 0.1) is 13.8 Å². The highest BCUT2D eigenvalue weighted by atomic mass is 16.1. The summed E-state index contributed by atoms with van der Waals surface area (Å²) < 4.78 is 1.96. The molecule has 0 saturated heterocycles. The van der Waals surface area contributed by atoms with Crippen molar-refractivity contribution in [2.24, 2.45) is 0 Å². The van der Waals surface area contributed by atoms with Crippen LogP contribution in [0.3, 0.4) is 0 Å². The van der Waals surface area contributed by atoms with E-state index in [2.05, 4.69) is 57.2 Å². The first-order valence-electron chi connectivity index (χ1n) is 9.97. The highest BCUT2D eigenvalue weighted by Gasteiger charge is 2.13. The molecule has 0 aliphatic heterocycles. The Morgan fingerprint density at radius 1 is 1.04 bits per heavy atom. The molecule has 4 nitrogen and oxygen atoms in total. The number of hydrogen-bond donors (Lipinski definition) is 1. The first-order chi connectivity index (χ1) is 13.4. The molecule has 0 atom stereocenters. The number of rotatable bonds is 6. The minimum atomic E-state index is -0.108. The molecule has 28 heavy (non-hydrogen) atoms. The molecule has 0 saturated carbocycles. The van der Waals surface area contributed by atoms with Gasteiger partial charge in [-0.05, 0) is 73.7 Å². The maximum absolute atomic E-state index is 12.6. The molecule has 146 valence electrons. The lowest BCUT2D eigenvalue weighted by molar-refractivity contribution is 0.102. The number of anilines is 1. The Balaban J connectivity index is 1.75. The summed E-state index contributed by atoms with van der Waals surface area (Å²) in [5.41, 5.74) is 7.23. The van der Waals surface area contributed by atoms with Gasteiger partial charge in [0.1, 0.15) is 0 Å². The third-order valence-corrected chi connectivity index (χ3v) is 5.15. The molecule has 1 aromatic heterocycles. The molecule has 1 amide bonds. The molecule has 2 aromatic carbocycles. The fourth-order valence-electron chi connectivity index (χ4n) is 3.45. The monoisotopic (exact) mass is 375 g/mol. The number of carbonyl (C=O) groups is 1. The smallest absolute Gasteiger partial charge is 0.255 e. The molecule has 1 N–H and O–H groups in total. The third kappa shape index (κ3) is 4.16. The van der Waals surface area contributed by atoms with E-state index in [9.17, 15) is 4.79 Å². The van der Waals surface area contributed by atoms with Gasteiger partial charge >= 0.3 is 0 Å². The van der Waals surface area contributed by atoms with Crippen molar-refractivity contribution >= 4 is 11.6 Å². The zero-order valence-electron chi connectivity index (χ0n) is 17.4. The molecule has 3 rings (SSSR count). The van der Waals surface area contributed by atoms with Gasteiger partial charge in [0.2, 0.25) is 0 Å². The summed E-state index contributed by atoms with van der Waals surface area (Å²) in [6.45, 7) is 10.7. The molecule has 3 aromatic rings. The van der Waals surface area contributed by atoms with Gasteiger partial charge in [0, 0.05) is 16.9 Å². The van der Waals surface area contributed by atoms with Crippen molar-refractivity contribution in [2.75, 3.05) is 5.32 Å². The molecular formula is C24H29N3O. The van der Waals surface area contributed by atoms with E-state index in [1.54, 1.807) is 0 Å². The quantitative estimate of drug-likeness (QED) is 0.590. The highest BCUT2D eigenvalue weighted by Crippen LogP contribution is 2.21. The van der Waals surface area contributed by atoms with Gasteiger partial charge in [0.05, 0.1) is 11.4 Å². The molecule has 4 heteroatoms. The van der Waals surface area contributed by atoms with Crippen LogP contribution in [0.15, 0.2) is 48.5 Å². The van der Waals surface area contributed by atoms with Gasteiger partial charge in [0.25, 0.3) is 5.91 Å². The van der Waals surface area contributed by atoms with Crippen molar-refractivity contribution in [1.29, 1.82) is 0 Å². The molecule has 0 aliphatic carbocycles. The first kappa shape index (κ1) is 19.9. The summed E-state index contributed by atoms with van der Waals surface area (Å²) in [5, 5.41) is 7.64. The van der Waals surface area contributed by atoms with Crippen LogP contribution in [-0.4, -0.2) is 15.7 Å². The van der Waals surface area contributed by atoms with Crippen LogP contribution in [-0.2, 0) is 6.42 Å². The van der Waals surface area contributed by atoms with Gasteiger partial charge in [-0.2, -0.15) is 5.10 Å². The van der Waals surface area contributed by atoms with E-state index < -0.39 is 0 Å². The molecule has 0 unspecified atom stereocenters. The van der Waals surface area contributed by atoms with Crippen molar-refractivity contribution < 1.29 is 4.79 Å². The fourth-order valence-corrected chi connectivity index (χ4v) is 3.45. The Morgan fingerprint density at radius 2 is 1.68 bits per heavy atom. The van der Waals surface area contributed by atoms with Gasteiger partial charge in [-0.25, -0.2) is 4.68 Å². The molecule has 0 bridgehead atoms. The second kappa shape index (κ2) is 8.42. The summed E-state index contributed by atoms with van der Waals surface area (Å²) in [6.07, 6.45) is 2.14. The lowest BCUT2D eigenvalue weighted by Gasteiger charge is -2.09. The maximum atomic E-state index is 12.6. The van der Waals surface area contributed by atoms with Crippen molar-refractivity contribution in [3.05, 3.63) is 76.6 Å². The summed E-state index contributed by atoms with van der Waals surface area (Å²) in [5.74, 6) is 0.369. The summed E-state index contributed by atoms with van der Waals surface area (Å²) >= 11 is 0. The van der Waals surface area contributed by atoms with Crippen molar-refractivity contribution in [3.63, 3.8) is 0 Å². The number of carbonyl (C=O) groups excluding carboxylic acids is 1. The molecule has 0 radical (unpaired) electrons. The lowest BCUT2D eigenvalue weighted by atomic mass is 10.0. The normalized spacial score (nSPS) is 11.1. The van der Waals surface area contributed by atoms with Crippen LogP contribution in [0.1, 0.15) is 66.0 Å². The first-order valence-corrected chi connectivity index (χ1v) is 9.97. The third-order valence-electron chi connectivity index (χ3n) is 5.15. The van der Waals surface area contributed by atoms with Crippen LogP contribution < -0.4 is 5.32 Å². The summed E-state index contributed by atoms with van der Waals surface area (Å²) in [4.78, 5) is 12.6. The second-order valence-corrected chi connectivity index (χ2v) is 7.59. The predicted octanol–water partition coefficient (Wildman–Crippen LogP) is 5.82. The van der Waals surface area contributed by atoms with E-state index in [4.69, 9.17) is 0 Å². The van der Waals surface area contributed by atoms with Gasteiger partial charge in [0.15, 0.2) is 0 Å². The van der Waals surface area contributed by atoms with Crippen molar-refractivity contribution in [2.45, 2.75) is 53.4 Å². The SMILES string of the molecule is CCCc1c(C)nn(-c2ccc(C(=O)Nc3ccc(C(C)C)cc3)cc2)c1C. The Bertz CT molecular complexity index is 951. The predicted molar refractivity (Wildman–Crippen MR) is 116 cm³/mol. The Labute approximate surface area is 167 Å². The van der Waals surface area contributed by atoms with Crippen LogP contribution in [0.5, 0.6) is 0 Å². The number of amides is 1. The number of benzene rings is 2. The number of hydrogen-bond acceptors (Lipinski definition) is 2. The highest BCUT2D eigenvalue weighted by molar-refractivity contribution is 6.04. The Kier molecular flexibility index (Phi) is 5.98. The summed E-state index contributed by atoms with van der Waals surface area (Å²) in [6, 6.07) is 15.6. The van der Waals surface area contributed by atoms with Crippen LogP contribution in [0.2, 0.25) is 0 Å². The van der Waals surface area contributed by atoms with Crippen molar-refractivity contribution in [1.82, 2.24) is 9.78 Å². The molecule has 0 spiro atoms. The van der Waals surface area contributed by atoms with Gasteiger partial charge in [-0.1, -0.05) is 39.3 Å². The second-order valence-electron chi connectivity index (χ2n) is 7.59. The van der Waals surface area contributed by atoms with Crippen molar-refractivity contribution in [3.8, 4) is 5.69 Å². The average Bonchev–Trinajstić information content (AvgIpc) is 2.97. The van der Waals surface area contributed by atoms with E-state index in [1.807, 2.05) is 41.1 Å². The minimum Gasteiger partial charge on any atom is -0.322 e. The van der Waals surface area contributed by atoms with E-state index in [-0.39, 0.29) is 5.91 Å². The van der Waals surface area contributed by atoms with E-state index >= 15 is 0 Å².